The molecule has 0 fully saturated rings. The van der Waals surface area contributed by atoms with E-state index in [-0.39, 0.29) is 5.97 Å². The van der Waals surface area contributed by atoms with Gasteiger partial charge in [0.25, 0.3) is 0 Å². The van der Waals surface area contributed by atoms with Gasteiger partial charge >= 0.3 is 5.97 Å². The molecule has 94 valence electrons. The number of nitrogens with two attached hydrogens (primary N) is 1. The Morgan fingerprint density at radius 1 is 1.22 bits per heavy atom. The van der Waals surface area contributed by atoms with E-state index in [9.17, 15) is 4.79 Å². The highest BCUT2D eigenvalue weighted by Gasteiger charge is 2.16. The first-order chi connectivity index (χ1) is 8.77. The summed E-state index contributed by atoms with van der Waals surface area (Å²) in [6, 6.07) is 12.6. The first-order valence-corrected chi connectivity index (χ1v) is 6.65. The highest BCUT2D eigenvalue weighted by Crippen LogP contribution is 2.12. The van der Waals surface area contributed by atoms with E-state index in [4.69, 9.17) is 10.5 Å². The van der Waals surface area contributed by atoms with E-state index in [1.54, 1.807) is 11.3 Å². The topological polar surface area (TPSA) is 52.3 Å². The SMILES string of the molecule is N[C@H](C(=O)OCCc1cccs1)c1ccccc1. The number of carbonyl (C=O) groups is 1. The molecule has 0 aliphatic heterocycles. The molecule has 0 saturated carbocycles. The van der Waals surface area contributed by atoms with Crippen LogP contribution in [-0.2, 0) is 16.0 Å². The van der Waals surface area contributed by atoms with E-state index in [1.165, 1.54) is 4.88 Å². The van der Waals surface area contributed by atoms with Crippen molar-refractivity contribution in [3.63, 3.8) is 0 Å². The summed E-state index contributed by atoms with van der Waals surface area (Å²) in [5, 5.41) is 2.01. The molecule has 3 nitrogen and oxygen atoms in total. The van der Waals surface area contributed by atoms with Gasteiger partial charge in [-0.1, -0.05) is 36.4 Å². The lowest BCUT2D eigenvalue weighted by molar-refractivity contribution is -0.145. The van der Waals surface area contributed by atoms with Crippen molar-refractivity contribution in [2.24, 2.45) is 5.73 Å². The summed E-state index contributed by atoms with van der Waals surface area (Å²) >= 11 is 1.66. The standard InChI is InChI=1S/C14H15NO2S/c15-13(11-5-2-1-3-6-11)14(16)17-9-8-12-7-4-10-18-12/h1-7,10,13H,8-9,15H2/t13-/m0/s1. The smallest absolute Gasteiger partial charge is 0.327 e. The Balaban J connectivity index is 1.81. The number of thiophene rings is 1. The van der Waals surface area contributed by atoms with Crippen LogP contribution in [-0.4, -0.2) is 12.6 Å². The normalized spacial score (nSPS) is 12.1. The van der Waals surface area contributed by atoms with Gasteiger partial charge in [-0.25, -0.2) is 4.79 Å². The van der Waals surface area contributed by atoms with E-state index >= 15 is 0 Å². The maximum Gasteiger partial charge on any atom is 0.327 e. The van der Waals surface area contributed by atoms with Crippen molar-refractivity contribution >= 4 is 17.3 Å². The largest absolute Gasteiger partial charge is 0.464 e. The molecule has 1 aromatic carbocycles. The Labute approximate surface area is 110 Å². The fraction of sp³-hybridized carbons (Fsp3) is 0.214. The van der Waals surface area contributed by atoms with Crippen LogP contribution in [0.15, 0.2) is 47.8 Å². The van der Waals surface area contributed by atoms with Crippen molar-refractivity contribution in [2.45, 2.75) is 12.5 Å². The van der Waals surface area contributed by atoms with Crippen LogP contribution in [0.5, 0.6) is 0 Å². The summed E-state index contributed by atoms with van der Waals surface area (Å²) in [4.78, 5) is 12.9. The molecule has 2 N–H and O–H groups in total. The highest BCUT2D eigenvalue weighted by atomic mass is 32.1. The molecule has 0 unspecified atom stereocenters. The average molecular weight is 261 g/mol. The Bertz CT molecular complexity index is 482. The molecule has 0 spiro atoms. The summed E-state index contributed by atoms with van der Waals surface area (Å²) in [5.74, 6) is -0.377. The van der Waals surface area contributed by atoms with E-state index in [2.05, 4.69) is 0 Å². The third-order valence-electron chi connectivity index (χ3n) is 2.59. The van der Waals surface area contributed by atoms with Gasteiger partial charge < -0.3 is 10.5 Å². The Hall–Kier alpha value is -1.65. The van der Waals surface area contributed by atoms with E-state index in [1.807, 2.05) is 47.8 Å². The molecule has 1 atom stereocenters. The van der Waals surface area contributed by atoms with Crippen LogP contribution in [0.25, 0.3) is 0 Å². The monoisotopic (exact) mass is 261 g/mol. The van der Waals surface area contributed by atoms with Crippen LogP contribution < -0.4 is 5.73 Å². The molecule has 1 aromatic heterocycles. The van der Waals surface area contributed by atoms with Gasteiger partial charge in [0.2, 0.25) is 0 Å². The second kappa shape index (κ2) is 6.33. The molecule has 2 rings (SSSR count). The number of rotatable bonds is 5. The minimum Gasteiger partial charge on any atom is -0.464 e. The third-order valence-corrected chi connectivity index (χ3v) is 3.52. The van der Waals surface area contributed by atoms with Gasteiger partial charge in [-0.15, -0.1) is 11.3 Å². The number of ether oxygens (including phenoxy) is 1. The summed E-state index contributed by atoms with van der Waals surface area (Å²) < 4.78 is 5.17. The Kier molecular flexibility index (Phi) is 4.50. The summed E-state index contributed by atoms with van der Waals surface area (Å²) in [7, 11) is 0. The summed E-state index contributed by atoms with van der Waals surface area (Å²) in [5.41, 5.74) is 6.60. The number of benzene rings is 1. The molecule has 0 amide bonds. The Morgan fingerprint density at radius 2 is 2.00 bits per heavy atom. The first-order valence-electron chi connectivity index (χ1n) is 5.77. The van der Waals surface area contributed by atoms with Crippen molar-refractivity contribution in [1.29, 1.82) is 0 Å². The van der Waals surface area contributed by atoms with Crippen LogP contribution >= 0.6 is 11.3 Å². The molecule has 4 heteroatoms. The molecule has 0 radical (unpaired) electrons. The number of hydrogen-bond acceptors (Lipinski definition) is 4. The summed E-state index contributed by atoms with van der Waals surface area (Å²) in [6.07, 6.45) is 0.741. The van der Waals surface area contributed by atoms with Crippen molar-refractivity contribution < 1.29 is 9.53 Å². The van der Waals surface area contributed by atoms with Gasteiger partial charge in [-0.05, 0) is 17.0 Å². The average Bonchev–Trinajstić information content (AvgIpc) is 2.92. The zero-order valence-corrected chi connectivity index (χ0v) is 10.7. The predicted octanol–water partition coefficient (Wildman–Crippen LogP) is 2.53. The van der Waals surface area contributed by atoms with Crippen LogP contribution in [0, 0.1) is 0 Å². The lowest BCUT2D eigenvalue weighted by Gasteiger charge is -2.11. The van der Waals surface area contributed by atoms with Gasteiger partial charge in [0.15, 0.2) is 0 Å². The fourth-order valence-corrected chi connectivity index (χ4v) is 2.28. The maximum absolute atomic E-state index is 11.7. The van der Waals surface area contributed by atoms with E-state index in [0.717, 1.165) is 12.0 Å². The number of carbonyl (C=O) groups excluding carboxylic acids is 1. The van der Waals surface area contributed by atoms with Gasteiger partial charge in [-0.2, -0.15) is 0 Å². The fourth-order valence-electron chi connectivity index (χ4n) is 1.59. The van der Waals surface area contributed by atoms with Gasteiger partial charge in [-0.3, -0.25) is 0 Å². The van der Waals surface area contributed by atoms with Crippen molar-refractivity contribution in [1.82, 2.24) is 0 Å². The van der Waals surface area contributed by atoms with Gasteiger partial charge in [0.05, 0.1) is 6.61 Å². The maximum atomic E-state index is 11.7. The van der Waals surface area contributed by atoms with Crippen LogP contribution in [0.1, 0.15) is 16.5 Å². The van der Waals surface area contributed by atoms with Crippen molar-refractivity contribution in [3.05, 3.63) is 58.3 Å². The Morgan fingerprint density at radius 3 is 2.67 bits per heavy atom. The molecule has 0 aliphatic rings. The minimum absolute atomic E-state index is 0.375. The van der Waals surface area contributed by atoms with Crippen molar-refractivity contribution in [3.8, 4) is 0 Å². The minimum atomic E-state index is -0.700. The first kappa shape index (κ1) is 12.8. The van der Waals surface area contributed by atoms with Crippen molar-refractivity contribution in [2.75, 3.05) is 6.61 Å². The van der Waals surface area contributed by atoms with E-state index < -0.39 is 6.04 Å². The highest BCUT2D eigenvalue weighted by molar-refractivity contribution is 7.09. The molecular weight excluding hydrogens is 246 g/mol. The van der Waals surface area contributed by atoms with E-state index in [0.29, 0.717) is 6.61 Å². The number of hydrogen-bond donors (Lipinski definition) is 1. The lowest BCUT2D eigenvalue weighted by atomic mass is 10.1. The number of esters is 1. The van der Waals surface area contributed by atoms with Crippen LogP contribution in [0.2, 0.25) is 0 Å². The molecule has 0 aliphatic carbocycles. The van der Waals surface area contributed by atoms with Gasteiger partial charge in [0.1, 0.15) is 6.04 Å². The van der Waals surface area contributed by atoms with Crippen LogP contribution in [0.4, 0.5) is 0 Å². The zero-order chi connectivity index (χ0) is 12.8. The third kappa shape index (κ3) is 3.42. The predicted molar refractivity (Wildman–Crippen MR) is 72.4 cm³/mol. The molecule has 2 aromatic rings. The molecular formula is C14H15NO2S. The molecule has 0 bridgehead atoms. The van der Waals surface area contributed by atoms with Crippen LogP contribution in [0.3, 0.4) is 0 Å². The lowest BCUT2D eigenvalue weighted by Crippen LogP contribution is -2.24. The zero-order valence-electron chi connectivity index (χ0n) is 9.91. The molecule has 1 heterocycles. The second-order valence-corrected chi connectivity index (χ2v) is 4.92. The summed E-state index contributed by atoms with van der Waals surface area (Å²) in [6.45, 7) is 0.375. The molecule has 0 saturated heterocycles. The van der Waals surface area contributed by atoms with Gasteiger partial charge in [0, 0.05) is 11.3 Å². The second-order valence-electron chi connectivity index (χ2n) is 3.89. The molecule has 18 heavy (non-hydrogen) atoms. The quantitative estimate of drug-likeness (QED) is 0.841.